The number of halogens is 1. The summed E-state index contributed by atoms with van der Waals surface area (Å²) in [6, 6.07) is 32.1. The van der Waals surface area contributed by atoms with Crippen molar-refractivity contribution in [2.45, 2.75) is 97.3 Å². The fraction of sp³-hybridized carbons (Fsp3) is 0.300. The van der Waals surface area contributed by atoms with Gasteiger partial charge in [0.15, 0.2) is 11.3 Å². The Balaban J connectivity index is 0.000000171. The number of aromatic nitrogens is 6. The van der Waals surface area contributed by atoms with E-state index < -0.39 is 0 Å². The van der Waals surface area contributed by atoms with Crippen LogP contribution in [0.15, 0.2) is 127 Å². The van der Waals surface area contributed by atoms with Crippen LogP contribution in [0.5, 0.6) is 0 Å². The molecule has 4 aromatic carbocycles. The highest BCUT2D eigenvalue weighted by atomic mass is 79.9. The molecule has 1 N–H and O–H groups in total. The minimum atomic E-state index is -0.0870. The number of hydrogen-bond donors (Lipinski definition) is 1. The highest BCUT2D eigenvalue weighted by Crippen LogP contribution is 2.36. The third-order valence-electron chi connectivity index (χ3n) is 12.6. The lowest BCUT2D eigenvalue weighted by Crippen LogP contribution is -2.43. The number of nitrogens with one attached hydrogen (secondary N) is 1. The van der Waals surface area contributed by atoms with Gasteiger partial charge >= 0.3 is 0 Å². The van der Waals surface area contributed by atoms with Crippen LogP contribution in [0.3, 0.4) is 0 Å². The molecule has 0 unspecified atom stereocenters. The second-order valence-electron chi connectivity index (χ2n) is 16.8. The zero-order valence-electron chi connectivity index (χ0n) is 35.5. The standard InChI is InChI=1S/C31H31N5O.C19H21BrN4/c1-20-7-6-8-21(2)36(20)25-13-11-23(12-14-25)24-17-32-31-29(18-33-35(31)19-24)27-15-16-30(34-22(3)37)28-10-5-4-9-26(27)28;1-13-4-3-5-14(2)24(13)17-8-6-15(7-9-17)16-10-21-19-18(20)11-22-23(19)12-16/h4-5,9-21H,6-8H2,1-3H3,(H,34,37);6-14H,3-5H2,1-2H3/t20-,21+;13-,14+. The molecule has 2 saturated heterocycles. The second-order valence-corrected chi connectivity index (χ2v) is 17.7. The molecule has 0 spiro atoms. The van der Waals surface area contributed by atoms with Crippen LogP contribution in [0.4, 0.5) is 17.1 Å². The van der Waals surface area contributed by atoms with Crippen LogP contribution < -0.4 is 15.1 Å². The molecule has 2 aliphatic heterocycles. The van der Waals surface area contributed by atoms with Gasteiger partial charge in [-0.15, -0.1) is 0 Å². The Morgan fingerprint density at radius 2 is 1.07 bits per heavy atom. The maximum absolute atomic E-state index is 11.7. The van der Waals surface area contributed by atoms with E-state index in [1.54, 1.807) is 6.20 Å². The third kappa shape index (κ3) is 8.11. The predicted octanol–water partition coefficient (Wildman–Crippen LogP) is 11.9. The number of amides is 1. The molecule has 10 rings (SSSR count). The van der Waals surface area contributed by atoms with E-state index in [-0.39, 0.29) is 5.91 Å². The first-order valence-corrected chi connectivity index (χ1v) is 22.3. The number of rotatable bonds is 6. The van der Waals surface area contributed by atoms with Crippen molar-refractivity contribution in [3.8, 4) is 33.4 Å². The molecule has 11 heteroatoms. The highest BCUT2D eigenvalue weighted by molar-refractivity contribution is 9.10. The van der Waals surface area contributed by atoms with Crippen LogP contribution in [-0.2, 0) is 4.79 Å². The van der Waals surface area contributed by atoms with E-state index in [0.29, 0.717) is 24.2 Å². The lowest BCUT2D eigenvalue weighted by molar-refractivity contribution is -0.114. The first-order valence-electron chi connectivity index (χ1n) is 21.5. The van der Waals surface area contributed by atoms with Gasteiger partial charge in [-0.3, -0.25) is 4.79 Å². The molecule has 0 bridgehead atoms. The largest absolute Gasteiger partial charge is 0.366 e. The second kappa shape index (κ2) is 17.1. The third-order valence-corrected chi connectivity index (χ3v) is 13.1. The SMILES string of the molecule is CC(=O)Nc1ccc(-c2cnn3cc(-c4ccc(N5[C@H](C)CCC[C@@H]5C)cc4)cnc23)c2ccccc12.C[C@@H]1CCC[C@H](C)N1c1ccc(-c2cnc3c(Br)cnn3c2)cc1. The Morgan fingerprint density at radius 3 is 1.61 bits per heavy atom. The summed E-state index contributed by atoms with van der Waals surface area (Å²) in [6.45, 7) is 10.8. The van der Waals surface area contributed by atoms with Gasteiger partial charge in [0, 0.05) is 95.0 Å². The minimum Gasteiger partial charge on any atom is -0.366 e. The van der Waals surface area contributed by atoms with Gasteiger partial charge in [-0.25, -0.2) is 19.0 Å². The van der Waals surface area contributed by atoms with Crippen LogP contribution >= 0.6 is 15.9 Å². The van der Waals surface area contributed by atoms with E-state index in [9.17, 15) is 4.79 Å². The van der Waals surface area contributed by atoms with Crippen LogP contribution in [0.2, 0.25) is 0 Å². The van der Waals surface area contributed by atoms with Crippen LogP contribution in [-0.4, -0.2) is 59.3 Å². The van der Waals surface area contributed by atoms with Gasteiger partial charge in [0.05, 0.1) is 16.9 Å². The molecular formula is C50H52BrN9O. The molecule has 2 aliphatic rings. The van der Waals surface area contributed by atoms with E-state index in [0.717, 1.165) is 65.6 Å². The zero-order valence-corrected chi connectivity index (χ0v) is 37.0. The molecule has 310 valence electrons. The summed E-state index contributed by atoms with van der Waals surface area (Å²) in [5.74, 6) is -0.0870. The summed E-state index contributed by atoms with van der Waals surface area (Å²) < 4.78 is 4.57. The Kier molecular flexibility index (Phi) is 11.3. The Bertz CT molecular complexity index is 2810. The summed E-state index contributed by atoms with van der Waals surface area (Å²) in [7, 11) is 0. The minimum absolute atomic E-state index is 0.0870. The van der Waals surface area contributed by atoms with E-state index in [2.05, 4.69) is 129 Å². The fourth-order valence-corrected chi connectivity index (χ4v) is 9.93. The Hall–Kier alpha value is -6.07. The van der Waals surface area contributed by atoms with E-state index in [1.807, 2.05) is 70.3 Å². The molecule has 0 radical (unpaired) electrons. The quantitative estimate of drug-likeness (QED) is 0.178. The molecule has 0 saturated carbocycles. The lowest BCUT2D eigenvalue weighted by atomic mass is 9.96. The fourth-order valence-electron chi connectivity index (χ4n) is 9.55. The van der Waals surface area contributed by atoms with Crippen LogP contribution in [0.1, 0.15) is 73.1 Å². The van der Waals surface area contributed by atoms with Gasteiger partial charge in [0.1, 0.15) is 0 Å². The van der Waals surface area contributed by atoms with E-state index in [4.69, 9.17) is 4.98 Å². The van der Waals surface area contributed by atoms with Gasteiger partial charge < -0.3 is 15.1 Å². The van der Waals surface area contributed by atoms with E-state index in [1.165, 1.54) is 56.8 Å². The van der Waals surface area contributed by atoms with Crippen LogP contribution in [0, 0.1) is 0 Å². The van der Waals surface area contributed by atoms with Gasteiger partial charge in [0.2, 0.25) is 5.91 Å². The first kappa shape index (κ1) is 40.3. The van der Waals surface area contributed by atoms with Crippen molar-refractivity contribution in [2.75, 3.05) is 15.1 Å². The molecular weight excluding hydrogens is 823 g/mol. The number of carbonyl (C=O) groups excluding carboxylic acids is 1. The van der Waals surface area contributed by atoms with Crippen molar-refractivity contribution >= 4 is 61.0 Å². The lowest BCUT2D eigenvalue weighted by Gasteiger charge is -2.41. The molecule has 10 nitrogen and oxygen atoms in total. The number of nitrogens with zero attached hydrogens (tertiary/aromatic N) is 8. The van der Waals surface area contributed by atoms with Crippen molar-refractivity contribution in [2.24, 2.45) is 0 Å². The number of piperidine rings is 2. The molecule has 4 atom stereocenters. The Labute approximate surface area is 365 Å². The van der Waals surface area contributed by atoms with Crippen molar-refractivity contribution in [1.82, 2.24) is 29.2 Å². The normalized spacial score (nSPS) is 19.2. The van der Waals surface area contributed by atoms with E-state index >= 15 is 0 Å². The molecule has 1 amide bonds. The number of anilines is 3. The van der Waals surface area contributed by atoms with Crippen molar-refractivity contribution in [3.05, 3.63) is 127 Å². The highest BCUT2D eigenvalue weighted by Gasteiger charge is 2.26. The topological polar surface area (TPSA) is 96.0 Å². The summed E-state index contributed by atoms with van der Waals surface area (Å²) in [5.41, 5.74) is 11.4. The monoisotopic (exact) mass is 873 g/mol. The average Bonchev–Trinajstić information content (AvgIpc) is 3.86. The zero-order chi connectivity index (χ0) is 42.2. The van der Waals surface area contributed by atoms with Gasteiger partial charge in [-0.2, -0.15) is 10.2 Å². The molecule has 2 fully saturated rings. The number of carbonyl (C=O) groups is 1. The maximum Gasteiger partial charge on any atom is 0.221 e. The van der Waals surface area contributed by atoms with Crippen LogP contribution in [0.25, 0.3) is 55.4 Å². The smallest absolute Gasteiger partial charge is 0.221 e. The van der Waals surface area contributed by atoms with Gasteiger partial charge in [-0.1, -0.05) is 54.6 Å². The predicted molar refractivity (Wildman–Crippen MR) is 252 cm³/mol. The molecule has 0 aliphatic carbocycles. The molecule has 61 heavy (non-hydrogen) atoms. The maximum atomic E-state index is 11.7. The van der Waals surface area contributed by atoms with Crippen molar-refractivity contribution in [3.63, 3.8) is 0 Å². The molecule has 8 aromatic rings. The summed E-state index contributed by atoms with van der Waals surface area (Å²) >= 11 is 3.46. The van der Waals surface area contributed by atoms with Gasteiger partial charge in [0.25, 0.3) is 0 Å². The first-order chi connectivity index (χ1) is 29.6. The molecule has 6 heterocycles. The number of benzene rings is 4. The summed E-state index contributed by atoms with van der Waals surface area (Å²) in [5, 5.41) is 13.9. The Morgan fingerprint density at radius 1 is 0.574 bits per heavy atom. The average molecular weight is 875 g/mol. The molecule has 4 aromatic heterocycles. The summed E-state index contributed by atoms with van der Waals surface area (Å²) in [4.78, 5) is 26.1. The van der Waals surface area contributed by atoms with Gasteiger partial charge in [-0.05, 0) is 135 Å². The van der Waals surface area contributed by atoms with Crippen molar-refractivity contribution in [1.29, 1.82) is 0 Å². The summed E-state index contributed by atoms with van der Waals surface area (Å²) in [6.07, 6.45) is 19.2. The number of hydrogen-bond acceptors (Lipinski definition) is 7. The number of fused-ring (bicyclic) bond motifs is 3. The van der Waals surface area contributed by atoms with Crippen molar-refractivity contribution < 1.29 is 4.79 Å².